The highest BCUT2D eigenvalue weighted by atomic mass is 19.4. The van der Waals surface area contributed by atoms with Gasteiger partial charge in [0.05, 0.1) is 23.8 Å². The molecular formula is C16H21F3N2O3. The molecule has 0 aliphatic rings. The summed E-state index contributed by atoms with van der Waals surface area (Å²) < 4.78 is 38.7. The van der Waals surface area contributed by atoms with E-state index >= 15 is 0 Å². The van der Waals surface area contributed by atoms with Gasteiger partial charge in [0.2, 0.25) is 5.91 Å². The minimum absolute atomic E-state index is 0.0749. The van der Waals surface area contributed by atoms with Gasteiger partial charge in [-0.1, -0.05) is 12.1 Å². The van der Waals surface area contributed by atoms with Crippen LogP contribution in [-0.4, -0.2) is 47.1 Å². The van der Waals surface area contributed by atoms with Gasteiger partial charge in [-0.3, -0.25) is 9.59 Å². The van der Waals surface area contributed by atoms with Crippen molar-refractivity contribution in [2.75, 3.05) is 13.1 Å². The lowest BCUT2D eigenvalue weighted by atomic mass is 10.1. The van der Waals surface area contributed by atoms with E-state index in [2.05, 4.69) is 5.32 Å². The molecule has 0 fully saturated rings. The summed E-state index contributed by atoms with van der Waals surface area (Å²) >= 11 is 0. The van der Waals surface area contributed by atoms with Crippen LogP contribution in [0.3, 0.4) is 0 Å². The van der Waals surface area contributed by atoms with Crippen LogP contribution in [0.4, 0.5) is 13.2 Å². The molecule has 0 heterocycles. The van der Waals surface area contributed by atoms with Gasteiger partial charge in [-0.05, 0) is 32.9 Å². The molecule has 0 aliphatic carbocycles. The fraction of sp³-hybridized carbons (Fsp3) is 0.500. The van der Waals surface area contributed by atoms with Gasteiger partial charge in [-0.2, -0.15) is 13.2 Å². The molecular weight excluding hydrogens is 325 g/mol. The molecule has 134 valence electrons. The maximum absolute atomic E-state index is 12.9. The van der Waals surface area contributed by atoms with Gasteiger partial charge in [0, 0.05) is 12.6 Å². The number of carbonyl (C=O) groups is 2. The number of carbonyl (C=O) groups excluding carboxylic acids is 2. The zero-order valence-corrected chi connectivity index (χ0v) is 13.7. The standard InChI is InChI=1S/C16H21F3N2O3/c1-10(2)21(9-11(3)22)14(23)8-20-15(24)12-6-4-5-7-13(12)16(17,18)19/h4-7,10-11,22H,8-9H2,1-3H3,(H,20,24). The fourth-order valence-corrected chi connectivity index (χ4v) is 2.17. The van der Waals surface area contributed by atoms with Crippen LogP contribution in [-0.2, 0) is 11.0 Å². The SMILES string of the molecule is CC(O)CN(C(=O)CNC(=O)c1ccccc1C(F)(F)F)C(C)C. The van der Waals surface area contributed by atoms with Crippen molar-refractivity contribution in [3.8, 4) is 0 Å². The second kappa shape index (κ2) is 8.14. The first-order valence-electron chi connectivity index (χ1n) is 7.46. The number of aliphatic hydroxyl groups excluding tert-OH is 1. The molecule has 1 aromatic rings. The normalized spacial score (nSPS) is 12.8. The van der Waals surface area contributed by atoms with Gasteiger partial charge in [-0.25, -0.2) is 0 Å². The molecule has 24 heavy (non-hydrogen) atoms. The molecule has 0 bridgehead atoms. The zero-order valence-electron chi connectivity index (χ0n) is 13.7. The average Bonchev–Trinajstić information content (AvgIpc) is 2.48. The van der Waals surface area contributed by atoms with E-state index in [0.717, 1.165) is 12.1 Å². The first kappa shape index (κ1) is 20.0. The van der Waals surface area contributed by atoms with Crippen LogP contribution in [0.5, 0.6) is 0 Å². The Balaban J connectivity index is 2.81. The van der Waals surface area contributed by atoms with E-state index in [1.54, 1.807) is 13.8 Å². The summed E-state index contributed by atoms with van der Waals surface area (Å²) in [5.41, 5.74) is -1.59. The number of nitrogens with zero attached hydrogens (tertiary/aromatic N) is 1. The summed E-state index contributed by atoms with van der Waals surface area (Å²) in [4.78, 5) is 25.5. The third-order valence-corrected chi connectivity index (χ3v) is 3.28. The van der Waals surface area contributed by atoms with Gasteiger partial charge >= 0.3 is 6.18 Å². The number of benzene rings is 1. The van der Waals surface area contributed by atoms with Crippen LogP contribution in [0.2, 0.25) is 0 Å². The minimum Gasteiger partial charge on any atom is -0.392 e. The minimum atomic E-state index is -4.66. The highest BCUT2D eigenvalue weighted by Crippen LogP contribution is 2.31. The van der Waals surface area contributed by atoms with Crippen LogP contribution in [0.25, 0.3) is 0 Å². The number of alkyl halides is 3. The Labute approximate surface area is 138 Å². The molecule has 0 aromatic heterocycles. The van der Waals surface area contributed by atoms with Crippen molar-refractivity contribution >= 4 is 11.8 Å². The summed E-state index contributed by atoms with van der Waals surface area (Å²) in [5.74, 6) is -1.46. The summed E-state index contributed by atoms with van der Waals surface area (Å²) in [5, 5.41) is 11.6. The fourth-order valence-electron chi connectivity index (χ4n) is 2.17. The predicted octanol–water partition coefficient (Wildman–Crippen LogP) is 2.05. The number of nitrogens with one attached hydrogen (secondary N) is 1. The molecule has 8 heteroatoms. The van der Waals surface area contributed by atoms with Crippen molar-refractivity contribution in [3.05, 3.63) is 35.4 Å². The number of halogens is 3. The van der Waals surface area contributed by atoms with Crippen molar-refractivity contribution in [3.63, 3.8) is 0 Å². The van der Waals surface area contributed by atoms with Crippen LogP contribution in [0.15, 0.2) is 24.3 Å². The van der Waals surface area contributed by atoms with E-state index in [1.807, 2.05) is 0 Å². The van der Waals surface area contributed by atoms with Crippen LogP contribution in [0, 0.1) is 0 Å². The highest BCUT2D eigenvalue weighted by Gasteiger charge is 2.35. The maximum atomic E-state index is 12.9. The summed E-state index contributed by atoms with van der Waals surface area (Å²) in [6.45, 7) is 4.62. The number of aliphatic hydroxyl groups is 1. The summed E-state index contributed by atoms with van der Waals surface area (Å²) in [7, 11) is 0. The van der Waals surface area contributed by atoms with Crippen molar-refractivity contribution in [2.24, 2.45) is 0 Å². The molecule has 1 aromatic carbocycles. The van der Waals surface area contributed by atoms with Crippen molar-refractivity contribution in [1.82, 2.24) is 10.2 Å². The second-order valence-corrected chi connectivity index (χ2v) is 5.71. The molecule has 0 aliphatic heterocycles. The molecule has 0 radical (unpaired) electrons. The predicted molar refractivity (Wildman–Crippen MR) is 82.3 cm³/mol. The van der Waals surface area contributed by atoms with Crippen LogP contribution in [0.1, 0.15) is 36.7 Å². The van der Waals surface area contributed by atoms with Crippen LogP contribution < -0.4 is 5.32 Å². The van der Waals surface area contributed by atoms with E-state index in [0.29, 0.717) is 0 Å². The Morgan fingerprint density at radius 2 is 1.79 bits per heavy atom. The topological polar surface area (TPSA) is 69.6 Å². The first-order chi connectivity index (χ1) is 11.0. The van der Waals surface area contributed by atoms with Crippen molar-refractivity contribution in [2.45, 2.75) is 39.1 Å². The third kappa shape index (κ3) is 5.52. The molecule has 0 saturated heterocycles. The largest absolute Gasteiger partial charge is 0.417 e. The zero-order chi connectivity index (χ0) is 18.5. The second-order valence-electron chi connectivity index (χ2n) is 5.71. The Kier molecular flexibility index (Phi) is 6.77. The van der Waals surface area contributed by atoms with Gasteiger partial charge in [0.15, 0.2) is 0 Å². The van der Waals surface area contributed by atoms with Gasteiger partial charge in [0.1, 0.15) is 0 Å². The van der Waals surface area contributed by atoms with E-state index in [1.165, 1.54) is 24.0 Å². The van der Waals surface area contributed by atoms with Gasteiger partial charge in [0.25, 0.3) is 5.91 Å². The number of hydrogen-bond donors (Lipinski definition) is 2. The first-order valence-corrected chi connectivity index (χ1v) is 7.46. The smallest absolute Gasteiger partial charge is 0.392 e. The van der Waals surface area contributed by atoms with Crippen molar-refractivity contribution < 1.29 is 27.9 Å². The molecule has 1 atom stereocenters. The molecule has 5 nitrogen and oxygen atoms in total. The molecule has 0 saturated carbocycles. The molecule has 2 N–H and O–H groups in total. The maximum Gasteiger partial charge on any atom is 0.417 e. The Morgan fingerprint density at radius 3 is 2.29 bits per heavy atom. The Morgan fingerprint density at radius 1 is 1.21 bits per heavy atom. The highest BCUT2D eigenvalue weighted by molar-refractivity contribution is 5.97. The van der Waals surface area contributed by atoms with E-state index < -0.39 is 41.8 Å². The van der Waals surface area contributed by atoms with Gasteiger partial charge in [-0.15, -0.1) is 0 Å². The Bertz CT molecular complexity index is 586. The van der Waals surface area contributed by atoms with Crippen LogP contribution >= 0.6 is 0 Å². The lowest BCUT2D eigenvalue weighted by molar-refractivity contribution is -0.137. The quantitative estimate of drug-likeness (QED) is 0.828. The van der Waals surface area contributed by atoms with E-state index in [4.69, 9.17) is 0 Å². The summed E-state index contributed by atoms with van der Waals surface area (Å²) in [6, 6.07) is 4.16. The molecule has 1 rings (SSSR count). The average molecular weight is 346 g/mol. The third-order valence-electron chi connectivity index (χ3n) is 3.28. The molecule has 2 amide bonds. The number of rotatable bonds is 6. The lowest BCUT2D eigenvalue weighted by Gasteiger charge is -2.28. The lowest BCUT2D eigenvalue weighted by Crippen LogP contribution is -2.46. The number of amides is 2. The van der Waals surface area contributed by atoms with E-state index in [9.17, 15) is 27.9 Å². The Hall–Kier alpha value is -2.09. The van der Waals surface area contributed by atoms with E-state index in [-0.39, 0.29) is 12.6 Å². The number of hydrogen-bond acceptors (Lipinski definition) is 3. The van der Waals surface area contributed by atoms with Gasteiger partial charge < -0.3 is 15.3 Å². The molecule has 1 unspecified atom stereocenters. The van der Waals surface area contributed by atoms with Crippen molar-refractivity contribution in [1.29, 1.82) is 0 Å². The summed E-state index contributed by atoms with van der Waals surface area (Å²) in [6.07, 6.45) is -5.41. The monoisotopic (exact) mass is 346 g/mol. The molecule has 0 spiro atoms.